The van der Waals surface area contributed by atoms with Crippen LogP contribution in [0.3, 0.4) is 0 Å². The molecule has 0 N–H and O–H groups in total. The Balaban J connectivity index is 2.98. The van der Waals surface area contributed by atoms with Crippen LogP contribution in [0.1, 0.15) is 5.56 Å². The smallest absolute Gasteiger partial charge is 0.405 e. The maximum Gasteiger partial charge on any atom is 0.573 e. The van der Waals surface area contributed by atoms with Crippen molar-refractivity contribution in [2.45, 2.75) is 11.7 Å². The summed E-state index contributed by atoms with van der Waals surface area (Å²) in [4.78, 5) is 0. The molecule has 0 bridgehead atoms. The van der Waals surface area contributed by atoms with Crippen LogP contribution in [0.2, 0.25) is 0 Å². The molecule has 6 heteroatoms. The molecule has 0 unspecified atom stereocenters. The van der Waals surface area contributed by atoms with Crippen molar-refractivity contribution in [2.24, 2.45) is 0 Å². The number of ether oxygens (including phenoxy) is 1. The topological polar surface area (TPSA) is 9.23 Å². The van der Waals surface area contributed by atoms with Gasteiger partial charge in [0.25, 0.3) is 0 Å². The van der Waals surface area contributed by atoms with Gasteiger partial charge < -0.3 is 4.74 Å². The molecule has 0 aromatic heterocycles. The van der Waals surface area contributed by atoms with Gasteiger partial charge in [-0.3, -0.25) is 0 Å². The molecule has 0 aliphatic heterocycles. The van der Waals surface area contributed by atoms with Gasteiger partial charge >= 0.3 is 6.36 Å². The molecule has 1 nitrogen and oxygen atoms in total. The molecule has 0 aliphatic rings. The molecule has 78 valence electrons. The lowest BCUT2D eigenvalue weighted by Crippen LogP contribution is -2.17. The number of hydrogen-bond acceptors (Lipinski definition) is 1. The Morgan fingerprint density at radius 2 is 1.93 bits per heavy atom. The number of halogens is 5. The predicted octanol–water partition coefficient (Wildman–Crippen LogP) is 4.24. The first-order chi connectivity index (χ1) is 6.44. The van der Waals surface area contributed by atoms with E-state index in [-0.39, 0.29) is 5.75 Å². The summed E-state index contributed by atoms with van der Waals surface area (Å²) in [7, 11) is 0. The van der Waals surface area contributed by atoms with E-state index in [1.807, 2.05) is 0 Å². The Labute approximate surface area is 95.5 Å². The van der Waals surface area contributed by atoms with Gasteiger partial charge in [-0.1, -0.05) is 28.1 Å². The zero-order valence-corrected chi connectivity index (χ0v) is 9.91. The second-order valence-corrected chi connectivity index (χ2v) is 3.76. The minimum Gasteiger partial charge on any atom is -0.405 e. The second-order valence-electron chi connectivity index (χ2n) is 2.41. The van der Waals surface area contributed by atoms with Crippen molar-refractivity contribution in [1.29, 1.82) is 0 Å². The Hall–Kier alpha value is -0.230. The summed E-state index contributed by atoms with van der Waals surface area (Å²) in [5, 5.41) is 0.461. The van der Waals surface area contributed by atoms with E-state index in [9.17, 15) is 13.2 Å². The summed E-state index contributed by atoms with van der Waals surface area (Å²) in [6.45, 7) is 0. The molecule has 0 radical (unpaired) electrons. The van der Waals surface area contributed by atoms with Crippen LogP contribution in [-0.2, 0) is 5.33 Å². The second kappa shape index (κ2) is 4.53. The van der Waals surface area contributed by atoms with Gasteiger partial charge in [0, 0.05) is 5.33 Å². The monoisotopic (exact) mass is 332 g/mol. The van der Waals surface area contributed by atoms with Crippen molar-refractivity contribution in [1.82, 2.24) is 0 Å². The average molecular weight is 334 g/mol. The molecule has 14 heavy (non-hydrogen) atoms. The predicted molar refractivity (Wildman–Crippen MR) is 53.5 cm³/mol. The molecule has 0 fully saturated rings. The number of benzene rings is 1. The molecule has 1 aromatic rings. The first kappa shape index (κ1) is 11.8. The first-order valence-corrected chi connectivity index (χ1v) is 5.44. The van der Waals surface area contributed by atoms with Gasteiger partial charge in [0.05, 0.1) is 4.47 Å². The van der Waals surface area contributed by atoms with E-state index in [0.29, 0.717) is 15.4 Å². The Bertz CT molecular complexity index is 325. The standard InChI is InChI=1S/C8H5Br2F3O/c9-4-5-2-1-3-6(7(5)10)14-8(11,12)13/h1-3H,4H2. The highest BCUT2D eigenvalue weighted by molar-refractivity contribution is 9.11. The molecule has 1 rings (SSSR count). The van der Waals surface area contributed by atoms with E-state index in [0.717, 1.165) is 0 Å². The quantitative estimate of drug-likeness (QED) is 0.735. The van der Waals surface area contributed by atoms with Gasteiger partial charge in [-0.25, -0.2) is 0 Å². The van der Waals surface area contributed by atoms with Crippen LogP contribution >= 0.6 is 31.9 Å². The molecule has 0 atom stereocenters. The van der Waals surface area contributed by atoms with Crippen LogP contribution in [0, 0.1) is 0 Å². The van der Waals surface area contributed by atoms with Crippen LogP contribution in [0.25, 0.3) is 0 Å². The molecule has 0 saturated carbocycles. The fourth-order valence-electron chi connectivity index (χ4n) is 0.863. The minimum absolute atomic E-state index is 0.227. The molecule has 1 aromatic carbocycles. The minimum atomic E-state index is -4.66. The Kier molecular flexibility index (Phi) is 3.83. The molecule has 0 amide bonds. The summed E-state index contributed by atoms with van der Waals surface area (Å²) in [5.41, 5.74) is 0.701. The molecule has 0 aliphatic carbocycles. The van der Waals surface area contributed by atoms with Crippen LogP contribution in [-0.4, -0.2) is 6.36 Å². The van der Waals surface area contributed by atoms with Gasteiger partial charge in [-0.15, -0.1) is 13.2 Å². The van der Waals surface area contributed by atoms with Crippen LogP contribution in [0.4, 0.5) is 13.2 Å². The van der Waals surface area contributed by atoms with E-state index in [2.05, 4.69) is 36.6 Å². The Morgan fingerprint density at radius 3 is 2.43 bits per heavy atom. The van der Waals surface area contributed by atoms with Gasteiger partial charge in [0.1, 0.15) is 5.75 Å². The van der Waals surface area contributed by atoms with Crippen molar-refractivity contribution >= 4 is 31.9 Å². The van der Waals surface area contributed by atoms with Gasteiger partial charge in [0.2, 0.25) is 0 Å². The first-order valence-electron chi connectivity index (χ1n) is 3.53. The Morgan fingerprint density at radius 1 is 1.29 bits per heavy atom. The van der Waals surface area contributed by atoms with Crippen molar-refractivity contribution in [2.75, 3.05) is 0 Å². The van der Waals surface area contributed by atoms with E-state index in [1.54, 1.807) is 6.07 Å². The zero-order chi connectivity index (χ0) is 10.8. The van der Waals surface area contributed by atoms with Crippen molar-refractivity contribution < 1.29 is 17.9 Å². The third kappa shape index (κ3) is 3.16. The largest absolute Gasteiger partial charge is 0.573 e. The fourth-order valence-corrected chi connectivity index (χ4v) is 2.19. The van der Waals surface area contributed by atoms with E-state index < -0.39 is 6.36 Å². The maximum atomic E-state index is 11.9. The van der Waals surface area contributed by atoms with Gasteiger partial charge in [-0.05, 0) is 27.6 Å². The average Bonchev–Trinajstić information content (AvgIpc) is 2.06. The number of hydrogen-bond donors (Lipinski definition) is 0. The number of rotatable bonds is 2. The third-order valence-corrected chi connectivity index (χ3v) is 2.92. The summed E-state index contributed by atoms with van der Waals surface area (Å²) in [6.07, 6.45) is -4.66. The summed E-state index contributed by atoms with van der Waals surface area (Å²) in [5.74, 6) is -0.227. The highest BCUT2D eigenvalue weighted by atomic mass is 79.9. The van der Waals surface area contributed by atoms with Crippen molar-refractivity contribution in [3.63, 3.8) is 0 Å². The molecule has 0 spiro atoms. The zero-order valence-electron chi connectivity index (χ0n) is 6.74. The number of alkyl halides is 4. The highest BCUT2D eigenvalue weighted by Gasteiger charge is 2.32. The van der Waals surface area contributed by atoms with Crippen LogP contribution < -0.4 is 4.74 Å². The molecule has 0 heterocycles. The van der Waals surface area contributed by atoms with Crippen LogP contribution in [0.15, 0.2) is 22.7 Å². The normalized spacial score (nSPS) is 11.5. The van der Waals surface area contributed by atoms with Crippen molar-refractivity contribution in [3.8, 4) is 5.75 Å². The lowest BCUT2D eigenvalue weighted by Gasteiger charge is -2.11. The molecular weight excluding hydrogens is 329 g/mol. The lowest BCUT2D eigenvalue weighted by molar-refractivity contribution is -0.274. The summed E-state index contributed by atoms with van der Waals surface area (Å²) >= 11 is 6.19. The maximum absolute atomic E-state index is 11.9. The third-order valence-electron chi connectivity index (χ3n) is 1.41. The SMILES string of the molecule is FC(F)(F)Oc1cccc(CBr)c1Br. The van der Waals surface area contributed by atoms with E-state index in [1.165, 1.54) is 12.1 Å². The van der Waals surface area contributed by atoms with Gasteiger partial charge in [-0.2, -0.15) is 0 Å². The molecule has 0 saturated heterocycles. The van der Waals surface area contributed by atoms with E-state index in [4.69, 9.17) is 0 Å². The van der Waals surface area contributed by atoms with Crippen molar-refractivity contribution in [3.05, 3.63) is 28.2 Å². The highest BCUT2D eigenvalue weighted by Crippen LogP contribution is 2.33. The fraction of sp³-hybridized carbons (Fsp3) is 0.250. The van der Waals surface area contributed by atoms with Crippen LogP contribution in [0.5, 0.6) is 5.75 Å². The summed E-state index contributed by atoms with van der Waals surface area (Å²) < 4.78 is 39.8. The summed E-state index contributed by atoms with van der Waals surface area (Å²) in [6, 6.07) is 4.45. The molecular formula is C8H5Br2F3O. The lowest BCUT2D eigenvalue weighted by atomic mass is 10.2. The van der Waals surface area contributed by atoms with Gasteiger partial charge in [0.15, 0.2) is 0 Å². The van der Waals surface area contributed by atoms with E-state index >= 15 is 0 Å².